The van der Waals surface area contributed by atoms with Gasteiger partial charge in [-0.2, -0.15) is 5.10 Å². The van der Waals surface area contributed by atoms with Crippen LogP contribution in [0.5, 0.6) is 5.75 Å². The van der Waals surface area contributed by atoms with Crippen LogP contribution in [0.2, 0.25) is 5.02 Å². The van der Waals surface area contributed by atoms with E-state index in [9.17, 15) is 9.59 Å². The van der Waals surface area contributed by atoms with Crippen molar-refractivity contribution >= 4 is 34.1 Å². The van der Waals surface area contributed by atoms with Gasteiger partial charge in [0.15, 0.2) is 5.52 Å². The van der Waals surface area contributed by atoms with Crippen LogP contribution < -0.4 is 15.6 Å². The number of benzene rings is 2. The summed E-state index contributed by atoms with van der Waals surface area (Å²) in [6, 6.07) is 11.7. The minimum Gasteiger partial charge on any atom is -0.497 e. The van der Waals surface area contributed by atoms with E-state index in [0.717, 1.165) is 5.56 Å². The van der Waals surface area contributed by atoms with Crippen LogP contribution >= 0.6 is 11.6 Å². The predicted octanol–water partition coefficient (Wildman–Crippen LogP) is 4.92. The van der Waals surface area contributed by atoms with Crippen LogP contribution in [0, 0.1) is 13.8 Å². The summed E-state index contributed by atoms with van der Waals surface area (Å²) in [7, 11) is 1.57. The van der Waals surface area contributed by atoms with Crippen LogP contribution in [-0.2, 0) is 4.79 Å². The standard InChI is InChI=1S/C24H23ClN4O4/c1-5-19(23(30)26-16-10-9-13(2)18(25)12-16)29-24(31)22-20(14(3)33-28-22)21(27-29)15-7-6-8-17(11-15)32-4/h6-12,19H,5H2,1-4H3,(H,26,30)/t19-/m0/s1. The molecule has 8 nitrogen and oxygen atoms in total. The van der Waals surface area contributed by atoms with Crippen LogP contribution in [0.1, 0.15) is 30.7 Å². The smallest absolute Gasteiger partial charge is 0.297 e. The number of amides is 1. The van der Waals surface area contributed by atoms with Crippen molar-refractivity contribution < 1.29 is 14.1 Å². The molecule has 1 amide bonds. The van der Waals surface area contributed by atoms with Crippen molar-refractivity contribution in [2.24, 2.45) is 0 Å². The molecule has 0 aliphatic rings. The minimum atomic E-state index is -0.872. The third-order valence-corrected chi connectivity index (χ3v) is 5.89. The van der Waals surface area contributed by atoms with E-state index in [1.165, 1.54) is 4.68 Å². The number of methoxy groups -OCH3 is 1. The molecule has 0 bridgehead atoms. The summed E-state index contributed by atoms with van der Waals surface area (Å²) in [4.78, 5) is 26.4. The van der Waals surface area contributed by atoms with Gasteiger partial charge in [-0.25, -0.2) is 4.68 Å². The Bertz CT molecular complexity index is 1410. The highest BCUT2D eigenvalue weighted by Gasteiger charge is 2.26. The number of nitrogens with zero attached hydrogens (tertiary/aromatic N) is 3. The third-order valence-electron chi connectivity index (χ3n) is 5.49. The Balaban J connectivity index is 1.83. The Morgan fingerprint density at radius 2 is 2.03 bits per heavy atom. The van der Waals surface area contributed by atoms with Gasteiger partial charge >= 0.3 is 0 Å². The van der Waals surface area contributed by atoms with E-state index in [0.29, 0.717) is 45.3 Å². The highest BCUT2D eigenvalue weighted by Crippen LogP contribution is 2.30. The maximum Gasteiger partial charge on any atom is 0.297 e. The molecule has 0 saturated heterocycles. The molecule has 1 atom stereocenters. The lowest BCUT2D eigenvalue weighted by Gasteiger charge is -2.18. The zero-order chi connectivity index (χ0) is 23.7. The summed E-state index contributed by atoms with van der Waals surface area (Å²) < 4.78 is 11.8. The van der Waals surface area contributed by atoms with Crippen LogP contribution in [0.25, 0.3) is 22.2 Å². The second kappa shape index (κ2) is 9.07. The maximum atomic E-state index is 13.3. The Kier molecular flexibility index (Phi) is 6.20. The molecule has 0 saturated carbocycles. The molecule has 0 fully saturated rings. The van der Waals surface area contributed by atoms with Gasteiger partial charge in [-0.1, -0.05) is 41.9 Å². The predicted molar refractivity (Wildman–Crippen MR) is 127 cm³/mol. The van der Waals surface area contributed by atoms with Gasteiger partial charge in [0.1, 0.15) is 23.2 Å². The van der Waals surface area contributed by atoms with Crippen LogP contribution in [0.4, 0.5) is 5.69 Å². The molecular formula is C24H23ClN4O4. The number of rotatable bonds is 6. The first-order valence-electron chi connectivity index (χ1n) is 10.4. The number of hydrogen-bond donors (Lipinski definition) is 1. The monoisotopic (exact) mass is 466 g/mol. The van der Waals surface area contributed by atoms with E-state index in [1.54, 1.807) is 32.2 Å². The minimum absolute atomic E-state index is 0.116. The molecule has 33 heavy (non-hydrogen) atoms. The van der Waals surface area contributed by atoms with Crippen molar-refractivity contribution in [3.8, 4) is 17.0 Å². The number of fused-ring (bicyclic) bond motifs is 1. The molecule has 1 N–H and O–H groups in total. The molecular weight excluding hydrogens is 444 g/mol. The fourth-order valence-corrected chi connectivity index (χ4v) is 3.84. The summed E-state index contributed by atoms with van der Waals surface area (Å²) in [5, 5.41) is 12.4. The van der Waals surface area contributed by atoms with Gasteiger partial charge in [0.25, 0.3) is 5.56 Å². The molecule has 0 unspecified atom stereocenters. The fourth-order valence-electron chi connectivity index (χ4n) is 3.66. The maximum absolute atomic E-state index is 13.3. The molecule has 0 aliphatic heterocycles. The molecule has 4 aromatic rings. The number of hydrogen-bond acceptors (Lipinski definition) is 6. The van der Waals surface area contributed by atoms with E-state index < -0.39 is 11.6 Å². The molecule has 4 rings (SSSR count). The summed E-state index contributed by atoms with van der Waals surface area (Å²) in [5.74, 6) is 0.713. The number of halogens is 1. The number of aryl methyl sites for hydroxylation is 2. The zero-order valence-corrected chi connectivity index (χ0v) is 19.4. The number of carbonyl (C=O) groups is 1. The molecule has 0 aliphatic carbocycles. The number of anilines is 1. The largest absolute Gasteiger partial charge is 0.497 e. The van der Waals surface area contributed by atoms with Crippen LogP contribution in [-0.4, -0.2) is 28.0 Å². The van der Waals surface area contributed by atoms with Crippen molar-refractivity contribution in [1.29, 1.82) is 0 Å². The van der Waals surface area contributed by atoms with Gasteiger partial charge in [0.2, 0.25) is 5.91 Å². The number of ether oxygens (including phenoxy) is 1. The summed E-state index contributed by atoms with van der Waals surface area (Å²) in [6.45, 7) is 5.40. The lowest BCUT2D eigenvalue weighted by atomic mass is 10.1. The summed E-state index contributed by atoms with van der Waals surface area (Å²) in [6.07, 6.45) is 0.332. The van der Waals surface area contributed by atoms with Gasteiger partial charge in [-0.3, -0.25) is 9.59 Å². The highest BCUT2D eigenvalue weighted by atomic mass is 35.5. The average molecular weight is 467 g/mol. The second-order valence-corrected chi connectivity index (χ2v) is 8.08. The zero-order valence-electron chi connectivity index (χ0n) is 18.7. The number of aromatic nitrogens is 3. The molecule has 9 heteroatoms. The fraction of sp³-hybridized carbons (Fsp3) is 0.250. The van der Waals surface area contributed by atoms with Crippen molar-refractivity contribution in [2.75, 3.05) is 12.4 Å². The van der Waals surface area contributed by atoms with E-state index >= 15 is 0 Å². The Hall–Kier alpha value is -3.65. The molecule has 2 heterocycles. The lowest BCUT2D eigenvalue weighted by Crippen LogP contribution is -2.35. The Morgan fingerprint density at radius 3 is 2.73 bits per heavy atom. The SMILES string of the molecule is CC[C@@H](C(=O)Nc1ccc(C)c(Cl)c1)n1nc(-c2cccc(OC)c2)c2c(C)onc2c1=O. The van der Waals surface area contributed by atoms with Gasteiger partial charge in [-0.05, 0) is 50.1 Å². The van der Waals surface area contributed by atoms with Crippen LogP contribution in [0.3, 0.4) is 0 Å². The van der Waals surface area contributed by atoms with Crippen molar-refractivity contribution in [1.82, 2.24) is 14.9 Å². The van der Waals surface area contributed by atoms with Crippen molar-refractivity contribution in [2.45, 2.75) is 33.2 Å². The van der Waals surface area contributed by atoms with Gasteiger partial charge in [0, 0.05) is 16.3 Å². The van der Waals surface area contributed by atoms with E-state index in [-0.39, 0.29) is 11.4 Å². The Morgan fingerprint density at radius 1 is 1.24 bits per heavy atom. The van der Waals surface area contributed by atoms with E-state index in [2.05, 4.69) is 15.6 Å². The lowest BCUT2D eigenvalue weighted by molar-refractivity contribution is -0.119. The second-order valence-electron chi connectivity index (χ2n) is 7.67. The van der Waals surface area contributed by atoms with Gasteiger partial charge < -0.3 is 14.6 Å². The van der Waals surface area contributed by atoms with Crippen molar-refractivity contribution in [3.05, 3.63) is 69.2 Å². The van der Waals surface area contributed by atoms with E-state index in [1.807, 2.05) is 38.1 Å². The van der Waals surface area contributed by atoms with E-state index in [4.69, 9.17) is 20.9 Å². The molecule has 2 aromatic carbocycles. The Labute approximate surface area is 195 Å². The first kappa shape index (κ1) is 22.5. The van der Waals surface area contributed by atoms with Crippen molar-refractivity contribution in [3.63, 3.8) is 0 Å². The quantitative estimate of drug-likeness (QED) is 0.433. The number of nitrogens with one attached hydrogen (secondary N) is 1. The first-order valence-corrected chi connectivity index (χ1v) is 10.8. The summed E-state index contributed by atoms with van der Waals surface area (Å²) in [5.41, 5.74) is 2.23. The normalized spacial score (nSPS) is 12.0. The topological polar surface area (TPSA) is 99.2 Å². The van der Waals surface area contributed by atoms with Crippen LogP contribution in [0.15, 0.2) is 51.8 Å². The average Bonchev–Trinajstić information content (AvgIpc) is 3.20. The highest BCUT2D eigenvalue weighted by molar-refractivity contribution is 6.31. The molecule has 2 aromatic heterocycles. The third kappa shape index (κ3) is 4.21. The summed E-state index contributed by atoms with van der Waals surface area (Å²) >= 11 is 6.19. The molecule has 170 valence electrons. The van der Waals surface area contributed by atoms with Gasteiger partial charge in [-0.15, -0.1) is 0 Å². The molecule has 0 spiro atoms. The molecule has 0 radical (unpaired) electrons. The van der Waals surface area contributed by atoms with Gasteiger partial charge in [0.05, 0.1) is 12.5 Å². The first-order chi connectivity index (χ1) is 15.8. The number of carbonyl (C=O) groups excluding carboxylic acids is 1.